The minimum Gasteiger partial charge on any atom is -0.489 e. The average Bonchev–Trinajstić information content (AvgIpc) is 3.41. The topological polar surface area (TPSA) is 59.0 Å². The molecule has 0 spiro atoms. The molecule has 29 heavy (non-hydrogen) atoms. The van der Waals surface area contributed by atoms with E-state index in [1.54, 1.807) is 6.21 Å². The van der Waals surface area contributed by atoms with Gasteiger partial charge in [-0.05, 0) is 54.2 Å². The van der Waals surface area contributed by atoms with Gasteiger partial charge in [0.1, 0.15) is 12.4 Å². The van der Waals surface area contributed by atoms with Gasteiger partial charge >= 0.3 is 0 Å². The Hall–Kier alpha value is -2.92. The fourth-order valence-electron chi connectivity index (χ4n) is 4.55. The van der Waals surface area contributed by atoms with Crippen LogP contribution in [-0.4, -0.2) is 23.0 Å². The summed E-state index contributed by atoms with van der Waals surface area (Å²) in [5, 5.41) is 5.92. The Bertz CT molecular complexity index is 1000. The molecule has 1 saturated heterocycles. The Morgan fingerprint density at radius 1 is 1.00 bits per heavy atom. The quantitative estimate of drug-likeness (QED) is 0.427. The van der Waals surface area contributed by atoms with Crippen molar-refractivity contribution in [2.75, 3.05) is 0 Å². The molecule has 1 saturated carbocycles. The number of imide groups is 1. The van der Waals surface area contributed by atoms with Gasteiger partial charge in [-0.15, -0.1) is 0 Å². The molecule has 1 aliphatic heterocycles. The van der Waals surface area contributed by atoms with Gasteiger partial charge in [-0.2, -0.15) is 10.1 Å². The van der Waals surface area contributed by atoms with Crippen molar-refractivity contribution < 1.29 is 14.3 Å². The number of hydrazone groups is 1. The molecule has 1 heterocycles. The molecule has 4 atom stereocenters. The van der Waals surface area contributed by atoms with Crippen molar-refractivity contribution in [3.63, 3.8) is 0 Å². The van der Waals surface area contributed by atoms with Gasteiger partial charge in [0.25, 0.3) is 11.8 Å². The summed E-state index contributed by atoms with van der Waals surface area (Å²) < 4.78 is 5.77. The van der Waals surface area contributed by atoms with Crippen LogP contribution in [0.15, 0.2) is 65.8 Å². The fraction of sp³-hybridized carbons (Fsp3) is 0.261. The van der Waals surface area contributed by atoms with Gasteiger partial charge in [0, 0.05) is 10.6 Å². The third-order valence-electron chi connectivity index (χ3n) is 6.00. The molecule has 5 rings (SSSR count). The lowest BCUT2D eigenvalue weighted by molar-refractivity contribution is -0.140. The first-order chi connectivity index (χ1) is 14.1. The molecule has 2 aromatic carbocycles. The molecule has 0 unspecified atom stereocenters. The number of ether oxygens (including phenoxy) is 1. The number of benzene rings is 2. The first-order valence-corrected chi connectivity index (χ1v) is 10.1. The van der Waals surface area contributed by atoms with Crippen LogP contribution in [0.5, 0.6) is 5.75 Å². The SMILES string of the molecule is O=C1[C@H]2[C@H](C(=O)N1/N=C\c1ccc(OCc3ccccc3Cl)cc1)[C@H]1C=C[C@H]2C1. The van der Waals surface area contributed by atoms with Crippen LogP contribution < -0.4 is 4.74 Å². The lowest BCUT2D eigenvalue weighted by atomic mass is 9.85. The lowest BCUT2D eigenvalue weighted by Gasteiger charge is -2.13. The second-order valence-electron chi connectivity index (χ2n) is 7.68. The number of carbonyl (C=O) groups is 2. The van der Waals surface area contributed by atoms with E-state index in [0.717, 1.165) is 22.6 Å². The second kappa shape index (κ2) is 7.16. The van der Waals surface area contributed by atoms with E-state index in [-0.39, 0.29) is 35.5 Å². The molecule has 3 aliphatic rings. The number of allylic oxidation sites excluding steroid dienone is 2. The Balaban J connectivity index is 1.23. The van der Waals surface area contributed by atoms with Crippen LogP contribution in [0, 0.1) is 23.7 Å². The van der Waals surface area contributed by atoms with E-state index in [2.05, 4.69) is 17.3 Å². The zero-order valence-corrected chi connectivity index (χ0v) is 16.3. The number of hydrogen-bond acceptors (Lipinski definition) is 4. The highest BCUT2D eigenvalue weighted by Gasteiger charge is 2.59. The Labute approximate surface area is 173 Å². The zero-order valence-electron chi connectivity index (χ0n) is 15.6. The molecular formula is C23H19ClN2O3. The Kier molecular flexibility index (Phi) is 4.47. The summed E-state index contributed by atoms with van der Waals surface area (Å²) in [6.45, 7) is 0.378. The van der Waals surface area contributed by atoms with Crippen LogP contribution in [-0.2, 0) is 16.2 Å². The summed E-state index contributed by atoms with van der Waals surface area (Å²) in [7, 11) is 0. The minimum atomic E-state index is -0.227. The first-order valence-electron chi connectivity index (χ1n) is 9.68. The molecule has 2 aromatic rings. The van der Waals surface area contributed by atoms with Crippen LogP contribution in [0.2, 0.25) is 5.02 Å². The number of nitrogens with zero attached hydrogens (tertiary/aromatic N) is 2. The molecule has 0 aromatic heterocycles. The number of hydrogen-bond donors (Lipinski definition) is 0. The summed E-state index contributed by atoms with van der Waals surface area (Å²) in [5.41, 5.74) is 1.70. The van der Waals surface area contributed by atoms with Gasteiger partial charge in [-0.1, -0.05) is 42.0 Å². The smallest absolute Gasteiger partial charge is 0.254 e. The molecule has 2 aliphatic carbocycles. The summed E-state index contributed by atoms with van der Waals surface area (Å²) in [6, 6.07) is 14.9. The maximum atomic E-state index is 12.6. The molecule has 2 fully saturated rings. The summed E-state index contributed by atoms with van der Waals surface area (Å²) in [6.07, 6.45) is 6.61. The minimum absolute atomic E-state index is 0.173. The van der Waals surface area contributed by atoms with Crippen LogP contribution in [0.1, 0.15) is 17.5 Å². The monoisotopic (exact) mass is 406 g/mol. The number of rotatable bonds is 5. The highest BCUT2D eigenvalue weighted by molar-refractivity contribution is 6.31. The van der Waals surface area contributed by atoms with E-state index < -0.39 is 0 Å². The second-order valence-corrected chi connectivity index (χ2v) is 8.09. The van der Waals surface area contributed by atoms with E-state index >= 15 is 0 Å². The van der Waals surface area contributed by atoms with Crippen molar-refractivity contribution in [3.8, 4) is 5.75 Å². The van der Waals surface area contributed by atoms with Gasteiger partial charge in [-0.25, -0.2) is 0 Å². The van der Waals surface area contributed by atoms with Crippen LogP contribution in [0.3, 0.4) is 0 Å². The highest BCUT2D eigenvalue weighted by Crippen LogP contribution is 2.52. The molecule has 0 N–H and O–H groups in total. The van der Waals surface area contributed by atoms with Crippen molar-refractivity contribution in [2.24, 2.45) is 28.8 Å². The van der Waals surface area contributed by atoms with Gasteiger partial charge in [0.2, 0.25) is 0 Å². The van der Waals surface area contributed by atoms with Gasteiger partial charge in [-0.3, -0.25) is 9.59 Å². The van der Waals surface area contributed by atoms with Gasteiger partial charge in [0.05, 0.1) is 18.1 Å². The lowest BCUT2D eigenvalue weighted by Crippen LogP contribution is -2.28. The summed E-state index contributed by atoms with van der Waals surface area (Å²) in [5.74, 6) is 0.283. The van der Waals surface area contributed by atoms with Crippen molar-refractivity contribution in [1.29, 1.82) is 0 Å². The first kappa shape index (κ1) is 18.1. The Morgan fingerprint density at radius 2 is 1.66 bits per heavy atom. The number of amides is 2. The molecule has 2 bridgehead atoms. The van der Waals surface area contributed by atoms with Crippen molar-refractivity contribution in [2.45, 2.75) is 13.0 Å². The fourth-order valence-corrected chi connectivity index (χ4v) is 4.74. The molecule has 2 amide bonds. The normalized spacial score (nSPS) is 27.3. The predicted molar refractivity (Wildman–Crippen MR) is 109 cm³/mol. The van der Waals surface area contributed by atoms with E-state index in [0.29, 0.717) is 17.4 Å². The standard InChI is InChI=1S/C23H19ClN2O3/c24-19-4-2-1-3-17(19)13-29-18-9-5-14(6-10-18)12-25-26-22(27)20-15-7-8-16(11-15)21(20)23(26)28/h1-10,12,15-16,20-21H,11,13H2/b25-12-/t15-,16-,20+,21+/m0/s1. The predicted octanol–water partition coefficient (Wildman–Crippen LogP) is 4.06. The van der Waals surface area contributed by atoms with E-state index in [1.807, 2.05) is 48.5 Å². The van der Waals surface area contributed by atoms with Gasteiger partial charge < -0.3 is 4.74 Å². The highest BCUT2D eigenvalue weighted by atomic mass is 35.5. The third kappa shape index (κ3) is 3.15. The average molecular weight is 407 g/mol. The van der Waals surface area contributed by atoms with Crippen LogP contribution in [0.25, 0.3) is 0 Å². The molecule has 6 heteroatoms. The van der Waals surface area contributed by atoms with Crippen LogP contribution >= 0.6 is 11.6 Å². The summed E-state index contributed by atoms with van der Waals surface area (Å²) in [4.78, 5) is 25.3. The maximum absolute atomic E-state index is 12.6. The molecular weight excluding hydrogens is 388 g/mol. The summed E-state index contributed by atoms with van der Waals surface area (Å²) >= 11 is 6.14. The molecule has 146 valence electrons. The zero-order chi connectivity index (χ0) is 20.0. The number of fused-ring (bicyclic) bond motifs is 5. The number of halogens is 1. The van der Waals surface area contributed by atoms with E-state index in [4.69, 9.17) is 16.3 Å². The Morgan fingerprint density at radius 3 is 2.31 bits per heavy atom. The van der Waals surface area contributed by atoms with E-state index in [1.165, 1.54) is 0 Å². The number of carbonyl (C=O) groups excluding carboxylic acids is 2. The van der Waals surface area contributed by atoms with Crippen molar-refractivity contribution in [1.82, 2.24) is 5.01 Å². The molecule has 0 radical (unpaired) electrons. The van der Waals surface area contributed by atoms with Crippen LogP contribution in [0.4, 0.5) is 0 Å². The maximum Gasteiger partial charge on any atom is 0.254 e. The van der Waals surface area contributed by atoms with Crippen molar-refractivity contribution in [3.05, 3.63) is 76.8 Å². The largest absolute Gasteiger partial charge is 0.489 e. The van der Waals surface area contributed by atoms with E-state index in [9.17, 15) is 9.59 Å². The molecule has 5 nitrogen and oxygen atoms in total. The van der Waals surface area contributed by atoms with Gasteiger partial charge in [0.15, 0.2) is 0 Å². The third-order valence-corrected chi connectivity index (χ3v) is 6.37. The van der Waals surface area contributed by atoms with Crippen molar-refractivity contribution >= 4 is 29.6 Å².